The fraction of sp³-hybridized carbons (Fsp3) is 0.179. The summed E-state index contributed by atoms with van der Waals surface area (Å²) in [7, 11) is 0. The second-order valence-corrected chi connectivity index (χ2v) is 10.7. The van der Waals surface area contributed by atoms with E-state index in [1.807, 2.05) is 12.1 Å². The van der Waals surface area contributed by atoms with Crippen LogP contribution in [0.5, 0.6) is 0 Å². The van der Waals surface area contributed by atoms with Gasteiger partial charge < -0.3 is 11.1 Å². The Labute approximate surface area is 236 Å². The van der Waals surface area contributed by atoms with Gasteiger partial charge in [-0.2, -0.15) is 4.68 Å². The summed E-state index contributed by atoms with van der Waals surface area (Å²) in [5.41, 5.74) is 7.93. The van der Waals surface area contributed by atoms with Crippen LogP contribution in [0.4, 0.5) is 16.2 Å². The number of hydrogen-bond acceptors (Lipinski definition) is 10. The van der Waals surface area contributed by atoms with E-state index in [2.05, 4.69) is 35.6 Å². The molecule has 11 nitrogen and oxygen atoms in total. The van der Waals surface area contributed by atoms with Crippen LogP contribution in [0.2, 0.25) is 0 Å². The van der Waals surface area contributed by atoms with Crippen LogP contribution in [-0.4, -0.2) is 60.0 Å². The molecule has 1 amide bonds. The normalized spacial score (nSPS) is 15.4. The minimum absolute atomic E-state index is 0.0606. The van der Waals surface area contributed by atoms with Gasteiger partial charge in [-0.1, -0.05) is 5.21 Å². The van der Waals surface area contributed by atoms with Crippen LogP contribution >= 0.6 is 11.3 Å². The van der Waals surface area contributed by atoms with Crippen LogP contribution in [0.25, 0.3) is 37.5 Å². The lowest BCUT2D eigenvalue weighted by atomic mass is 10.0. The van der Waals surface area contributed by atoms with Gasteiger partial charge in [0.25, 0.3) is 5.91 Å². The Morgan fingerprint density at radius 1 is 1.10 bits per heavy atom. The van der Waals surface area contributed by atoms with E-state index in [1.54, 1.807) is 47.8 Å². The Kier molecular flexibility index (Phi) is 6.29. The molecule has 1 aromatic carbocycles. The highest BCUT2D eigenvalue weighted by atomic mass is 32.1. The monoisotopic (exact) mass is 566 g/mol. The summed E-state index contributed by atoms with van der Waals surface area (Å²) in [5.74, 6) is -0.489. The summed E-state index contributed by atoms with van der Waals surface area (Å²) < 4.78 is 18.1. The molecule has 6 aromatic rings. The molecule has 0 unspecified atom stereocenters. The van der Waals surface area contributed by atoms with Gasteiger partial charge in [0, 0.05) is 41.3 Å². The van der Waals surface area contributed by atoms with Crippen molar-refractivity contribution in [1.82, 2.24) is 40.2 Å². The molecule has 13 heteroatoms. The molecule has 0 aliphatic carbocycles. The highest BCUT2D eigenvalue weighted by molar-refractivity contribution is 7.22. The SMILES string of the molecule is Nc1nccc(-c2cc3c(N(C(=O)c4ccc(-n5nnc6cccnc65)cc4F)[C@@H]4CCCNC4)nccc3s2)n1. The highest BCUT2D eigenvalue weighted by Crippen LogP contribution is 2.38. The van der Waals surface area contributed by atoms with E-state index in [4.69, 9.17) is 5.73 Å². The average Bonchev–Trinajstić information content (AvgIpc) is 3.63. The predicted octanol–water partition coefficient (Wildman–Crippen LogP) is 4.00. The third-order valence-electron chi connectivity index (χ3n) is 7.07. The number of carbonyl (C=O) groups is 1. The first kappa shape index (κ1) is 25.1. The van der Waals surface area contributed by atoms with Crippen LogP contribution in [0.15, 0.2) is 67.1 Å². The van der Waals surface area contributed by atoms with Gasteiger partial charge in [-0.25, -0.2) is 24.3 Å². The standard InChI is InChI=1S/C28H23FN10OS/c29-20-13-16(39-26-22(36-37-39)4-2-10-32-26)5-6-18(20)27(40)38(17-3-1-9-31-15-17)25-19-14-24(41-23(19)8-12-33-25)21-7-11-34-28(30)35-21/h2,4-8,10-14,17,31H,1,3,9,15H2,(H2,30,34,35)/t17-/m1/s1. The summed E-state index contributed by atoms with van der Waals surface area (Å²) >= 11 is 1.51. The van der Waals surface area contributed by atoms with Crippen molar-refractivity contribution in [3.8, 4) is 16.3 Å². The number of nitrogens with two attached hydrogens (primary N) is 1. The molecule has 0 radical (unpaired) electrons. The van der Waals surface area contributed by atoms with Crippen LogP contribution in [0.1, 0.15) is 23.2 Å². The second kappa shape index (κ2) is 10.3. The maximum atomic E-state index is 15.7. The van der Waals surface area contributed by atoms with E-state index in [1.165, 1.54) is 28.2 Å². The number of carbonyl (C=O) groups excluding carboxylic acids is 1. The number of aromatic nitrogens is 7. The third-order valence-corrected chi connectivity index (χ3v) is 8.19. The van der Waals surface area contributed by atoms with Crippen LogP contribution < -0.4 is 16.0 Å². The number of halogens is 1. The molecule has 204 valence electrons. The van der Waals surface area contributed by atoms with Crippen molar-refractivity contribution in [2.75, 3.05) is 23.7 Å². The summed E-state index contributed by atoms with van der Waals surface area (Å²) in [4.78, 5) is 33.9. The summed E-state index contributed by atoms with van der Waals surface area (Å²) in [6, 6.07) is 13.4. The van der Waals surface area contributed by atoms with E-state index in [0.717, 1.165) is 34.3 Å². The molecule has 0 bridgehead atoms. The van der Waals surface area contributed by atoms with Crippen molar-refractivity contribution < 1.29 is 9.18 Å². The zero-order chi connectivity index (χ0) is 27.9. The number of rotatable bonds is 5. The molecule has 41 heavy (non-hydrogen) atoms. The second-order valence-electron chi connectivity index (χ2n) is 9.64. The Bertz CT molecular complexity index is 1920. The lowest BCUT2D eigenvalue weighted by molar-refractivity contribution is 0.0968. The number of benzene rings is 1. The molecule has 1 saturated heterocycles. The fourth-order valence-electron chi connectivity index (χ4n) is 5.14. The van der Waals surface area contributed by atoms with Crippen LogP contribution in [-0.2, 0) is 0 Å². The third kappa shape index (κ3) is 4.54. The fourth-order valence-corrected chi connectivity index (χ4v) is 6.17. The van der Waals surface area contributed by atoms with Crippen molar-refractivity contribution >= 4 is 50.3 Å². The Hall–Kier alpha value is -4.88. The summed E-state index contributed by atoms with van der Waals surface area (Å²) in [6.07, 6.45) is 6.54. The molecule has 0 spiro atoms. The number of nitrogens with zero attached hydrogens (tertiary/aromatic N) is 8. The number of piperidine rings is 1. The van der Waals surface area contributed by atoms with Gasteiger partial charge >= 0.3 is 0 Å². The number of fused-ring (bicyclic) bond motifs is 2. The van der Waals surface area contributed by atoms with Crippen molar-refractivity contribution in [3.63, 3.8) is 0 Å². The number of thiophene rings is 1. The molecule has 5 aromatic heterocycles. The van der Waals surface area contributed by atoms with Crippen LogP contribution in [0.3, 0.4) is 0 Å². The van der Waals surface area contributed by atoms with Gasteiger partial charge in [-0.3, -0.25) is 9.69 Å². The van der Waals surface area contributed by atoms with Gasteiger partial charge in [0.2, 0.25) is 5.95 Å². The van der Waals surface area contributed by atoms with Crippen molar-refractivity contribution in [3.05, 3.63) is 78.5 Å². The maximum Gasteiger partial charge on any atom is 0.262 e. The van der Waals surface area contributed by atoms with E-state index >= 15 is 4.39 Å². The highest BCUT2D eigenvalue weighted by Gasteiger charge is 2.32. The minimum Gasteiger partial charge on any atom is -0.368 e. The van der Waals surface area contributed by atoms with E-state index in [0.29, 0.717) is 34.9 Å². The first-order valence-electron chi connectivity index (χ1n) is 13.0. The number of anilines is 2. The lowest BCUT2D eigenvalue weighted by Crippen LogP contribution is -2.49. The molecule has 1 fully saturated rings. The number of amides is 1. The van der Waals surface area contributed by atoms with E-state index in [-0.39, 0.29) is 17.6 Å². The van der Waals surface area contributed by atoms with Crippen molar-refractivity contribution in [2.45, 2.75) is 18.9 Å². The lowest BCUT2D eigenvalue weighted by Gasteiger charge is -2.34. The zero-order valence-electron chi connectivity index (χ0n) is 21.6. The molecular formula is C28H23FN10OS. The molecule has 0 saturated carbocycles. The molecule has 1 aliphatic heterocycles. The number of pyridine rings is 2. The molecular weight excluding hydrogens is 543 g/mol. The van der Waals surface area contributed by atoms with Crippen molar-refractivity contribution in [1.29, 1.82) is 0 Å². The van der Waals surface area contributed by atoms with Crippen molar-refractivity contribution in [2.24, 2.45) is 0 Å². The molecule has 6 heterocycles. The Morgan fingerprint density at radius 2 is 2.00 bits per heavy atom. The minimum atomic E-state index is -0.671. The largest absolute Gasteiger partial charge is 0.368 e. The first-order valence-corrected chi connectivity index (χ1v) is 13.9. The maximum absolute atomic E-state index is 15.7. The van der Waals surface area contributed by atoms with E-state index in [9.17, 15) is 4.79 Å². The Morgan fingerprint density at radius 3 is 2.83 bits per heavy atom. The van der Waals surface area contributed by atoms with Gasteiger partial charge in [-0.15, -0.1) is 16.4 Å². The number of hydrogen-bond donors (Lipinski definition) is 2. The molecule has 1 atom stereocenters. The van der Waals surface area contributed by atoms with Gasteiger partial charge in [0.1, 0.15) is 17.2 Å². The van der Waals surface area contributed by atoms with Gasteiger partial charge in [0.15, 0.2) is 5.65 Å². The van der Waals surface area contributed by atoms with Gasteiger partial charge in [0.05, 0.1) is 27.9 Å². The van der Waals surface area contributed by atoms with E-state index < -0.39 is 11.7 Å². The molecule has 1 aliphatic rings. The smallest absolute Gasteiger partial charge is 0.262 e. The zero-order valence-corrected chi connectivity index (χ0v) is 22.4. The summed E-state index contributed by atoms with van der Waals surface area (Å²) in [6.45, 7) is 1.43. The Balaban J connectivity index is 1.31. The summed E-state index contributed by atoms with van der Waals surface area (Å²) in [5, 5.41) is 12.4. The number of nitrogens with one attached hydrogen (secondary N) is 1. The average molecular weight is 567 g/mol. The van der Waals surface area contributed by atoms with Crippen LogP contribution in [0, 0.1) is 5.82 Å². The molecule has 3 N–H and O–H groups in total. The predicted molar refractivity (Wildman–Crippen MR) is 154 cm³/mol. The first-order chi connectivity index (χ1) is 20.1. The topological polar surface area (TPSA) is 141 Å². The quantitative estimate of drug-likeness (QED) is 0.317. The van der Waals surface area contributed by atoms with Gasteiger partial charge in [-0.05, 0) is 61.9 Å². The molecule has 7 rings (SSSR count). The number of nitrogen functional groups attached to an aromatic ring is 1.